The maximum atomic E-state index is 13.6. The Bertz CT molecular complexity index is 542. The zero-order valence-electron chi connectivity index (χ0n) is 9.64. The largest absolute Gasteiger partial charge is 0.328 e. The molecule has 0 aliphatic carbocycles. The highest BCUT2D eigenvalue weighted by molar-refractivity contribution is 9.10. The number of nitrogens with two attached hydrogens (primary N) is 1. The molecule has 0 spiro atoms. The van der Waals surface area contributed by atoms with Crippen molar-refractivity contribution in [3.8, 4) is 0 Å². The van der Waals surface area contributed by atoms with E-state index in [0.29, 0.717) is 30.4 Å². The van der Waals surface area contributed by atoms with E-state index in [0.717, 1.165) is 6.07 Å². The van der Waals surface area contributed by atoms with Gasteiger partial charge in [0.1, 0.15) is 10.7 Å². The number of hydrogen-bond donors (Lipinski definition) is 1. The van der Waals surface area contributed by atoms with Gasteiger partial charge in [0.05, 0.1) is 0 Å². The van der Waals surface area contributed by atoms with Crippen molar-refractivity contribution in [2.24, 2.45) is 5.73 Å². The smallest absolute Gasteiger partial charge is 0.246 e. The lowest BCUT2D eigenvalue weighted by atomic mass is 10.1. The Kier molecular flexibility index (Phi) is 4.05. The van der Waals surface area contributed by atoms with Gasteiger partial charge in [0.25, 0.3) is 0 Å². The summed E-state index contributed by atoms with van der Waals surface area (Å²) in [6.07, 6.45) is 1.21. The second kappa shape index (κ2) is 5.24. The molecule has 0 radical (unpaired) electrons. The standard InChI is InChI=1S/C11H14BrFN2O2S/c12-8-1-2-10(13)11(7-8)18(16,17)15-5-3-9(14)4-6-15/h1-2,7,9H,3-6,14H2. The summed E-state index contributed by atoms with van der Waals surface area (Å²) in [7, 11) is -3.77. The minimum absolute atomic E-state index is 0.0313. The van der Waals surface area contributed by atoms with Gasteiger partial charge in [-0.15, -0.1) is 0 Å². The van der Waals surface area contributed by atoms with Crippen molar-refractivity contribution in [1.82, 2.24) is 4.31 Å². The fraction of sp³-hybridized carbons (Fsp3) is 0.455. The normalized spacial score (nSPS) is 19.1. The van der Waals surface area contributed by atoms with Crippen molar-refractivity contribution in [3.63, 3.8) is 0 Å². The van der Waals surface area contributed by atoms with Gasteiger partial charge in [-0.25, -0.2) is 12.8 Å². The van der Waals surface area contributed by atoms with Crippen molar-refractivity contribution in [1.29, 1.82) is 0 Å². The van der Waals surface area contributed by atoms with Crippen LogP contribution in [0.5, 0.6) is 0 Å². The average molecular weight is 337 g/mol. The predicted octanol–water partition coefficient (Wildman–Crippen LogP) is 1.70. The van der Waals surface area contributed by atoms with Gasteiger partial charge in [-0.3, -0.25) is 0 Å². The summed E-state index contributed by atoms with van der Waals surface area (Å²) in [5, 5.41) is 0. The van der Waals surface area contributed by atoms with E-state index >= 15 is 0 Å². The van der Waals surface area contributed by atoms with Crippen LogP contribution in [0.3, 0.4) is 0 Å². The van der Waals surface area contributed by atoms with Crippen LogP contribution < -0.4 is 5.73 Å². The molecule has 7 heteroatoms. The van der Waals surface area contributed by atoms with Crippen molar-refractivity contribution in [2.45, 2.75) is 23.8 Å². The molecule has 18 heavy (non-hydrogen) atoms. The first-order valence-corrected chi connectivity index (χ1v) is 7.85. The second-order valence-corrected chi connectivity index (χ2v) is 7.14. The third-order valence-corrected chi connectivity index (χ3v) is 5.42. The minimum atomic E-state index is -3.77. The third-order valence-electron chi connectivity index (χ3n) is 3.01. The van der Waals surface area contributed by atoms with Crippen LogP contribution >= 0.6 is 15.9 Å². The summed E-state index contributed by atoms with van der Waals surface area (Å²) in [5.41, 5.74) is 5.73. The van der Waals surface area contributed by atoms with Gasteiger partial charge >= 0.3 is 0 Å². The molecule has 1 aliphatic heterocycles. The molecular weight excluding hydrogens is 323 g/mol. The Morgan fingerprint density at radius 3 is 2.56 bits per heavy atom. The number of piperidine rings is 1. The Hall–Kier alpha value is -0.500. The number of nitrogens with zero attached hydrogens (tertiary/aromatic N) is 1. The summed E-state index contributed by atoms with van der Waals surface area (Å²) in [6.45, 7) is 0.685. The van der Waals surface area contributed by atoms with Gasteiger partial charge in [-0.1, -0.05) is 15.9 Å². The third kappa shape index (κ3) is 2.74. The predicted molar refractivity (Wildman–Crippen MR) is 70.1 cm³/mol. The Labute approximate surface area is 114 Å². The lowest BCUT2D eigenvalue weighted by Crippen LogP contribution is -2.42. The van der Waals surface area contributed by atoms with Crippen molar-refractivity contribution < 1.29 is 12.8 Å². The maximum absolute atomic E-state index is 13.6. The topological polar surface area (TPSA) is 63.4 Å². The van der Waals surface area contributed by atoms with Crippen molar-refractivity contribution >= 4 is 26.0 Å². The second-order valence-electron chi connectivity index (χ2n) is 4.32. The molecule has 0 saturated carbocycles. The zero-order chi connectivity index (χ0) is 13.3. The first-order valence-electron chi connectivity index (χ1n) is 5.62. The molecule has 1 heterocycles. The van der Waals surface area contributed by atoms with E-state index in [1.165, 1.54) is 16.4 Å². The monoisotopic (exact) mass is 336 g/mol. The summed E-state index contributed by atoms with van der Waals surface area (Å²) in [5.74, 6) is -0.729. The first-order chi connectivity index (χ1) is 8.41. The fourth-order valence-electron chi connectivity index (χ4n) is 1.93. The highest BCUT2D eigenvalue weighted by Gasteiger charge is 2.30. The summed E-state index contributed by atoms with van der Waals surface area (Å²) in [4.78, 5) is -0.285. The van der Waals surface area contributed by atoms with Crippen LogP contribution in [-0.4, -0.2) is 31.9 Å². The van der Waals surface area contributed by atoms with E-state index in [1.807, 2.05) is 0 Å². The Morgan fingerprint density at radius 2 is 1.94 bits per heavy atom. The molecule has 1 saturated heterocycles. The van der Waals surface area contributed by atoms with Crippen LogP contribution in [0.25, 0.3) is 0 Å². The molecule has 1 fully saturated rings. The SMILES string of the molecule is NC1CCN(S(=O)(=O)c2cc(Br)ccc2F)CC1. The van der Waals surface area contributed by atoms with E-state index < -0.39 is 15.8 Å². The molecule has 1 aromatic carbocycles. The van der Waals surface area contributed by atoms with Gasteiger partial charge in [-0.05, 0) is 31.0 Å². The van der Waals surface area contributed by atoms with Crippen LogP contribution in [0.1, 0.15) is 12.8 Å². The average Bonchev–Trinajstić information content (AvgIpc) is 2.32. The maximum Gasteiger partial charge on any atom is 0.246 e. The lowest BCUT2D eigenvalue weighted by molar-refractivity contribution is 0.319. The summed E-state index contributed by atoms with van der Waals surface area (Å²) < 4.78 is 40.1. The number of sulfonamides is 1. The summed E-state index contributed by atoms with van der Waals surface area (Å²) in [6, 6.07) is 3.94. The molecule has 2 N–H and O–H groups in total. The van der Waals surface area contributed by atoms with Crippen LogP contribution in [0.2, 0.25) is 0 Å². The number of benzene rings is 1. The molecule has 0 bridgehead atoms. The molecule has 0 amide bonds. The number of hydrogen-bond acceptors (Lipinski definition) is 3. The first kappa shape index (κ1) is 13.9. The van der Waals surface area contributed by atoms with Crippen LogP contribution in [0.15, 0.2) is 27.6 Å². The molecule has 0 aromatic heterocycles. The highest BCUT2D eigenvalue weighted by Crippen LogP contribution is 2.25. The van der Waals surface area contributed by atoms with E-state index in [1.54, 1.807) is 0 Å². The molecule has 1 aromatic rings. The van der Waals surface area contributed by atoms with Gasteiger partial charge in [0.2, 0.25) is 10.0 Å². The Morgan fingerprint density at radius 1 is 1.33 bits per heavy atom. The van der Waals surface area contributed by atoms with Gasteiger partial charge < -0.3 is 5.73 Å². The molecule has 4 nitrogen and oxygen atoms in total. The molecule has 0 unspecified atom stereocenters. The fourth-order valence-corrected chi connectivity index (χ4v) is 4.00. The number of rotatable bonds is 2. The molecule has 2 rings (SSSR count). The molecular formula is C11H14BrFN2O2S. The van der Waals surface area contributed by atoms with Crippen molar-refractivity contribution in [2.75, 3.05) is 13.1 Å². The summed E-state index contributed by atoms with van der Waals surface area (Å²) >= 11 is 3.15. The Balaban J connectivity index is 2.33. The number of halogens is 2. The van der Waals surface area contributed by atoms with Gasteiger partial charge in [-0.2, -0.15) is 4.31 Å². The van der Waals surface area contributed by atoms with E-state index in [4.69, 9.17) is 5.73 Å². The van der Waals surface area contributed by atoms with Gasteiger partial charge in [0, 0.05) is 23.6 Å². The minimum Gasteiger partial charge on any atom is -0.328 e. The highest BCUT2D eigenvalue weighted by atomic mass is 79.9. The van der Waals surface area contributed by atoms with Crippen LogP contribution in [-0.2, 0) is 10.0 Å². The van der Waals surface area contributed by atoms with Crippen LogP contribution in [0.4, 0.5) is 4.39 Å². The lowest BCUT2D eigenvalue weighted by Gasteiger charge is -2.29. The van der Waals surface area contributed by atoms with Crippen molar-refractivity contribution in [3.05, 3.63) is 28.5 Å². The van der Waals surface area contributed by atoms with Crippen LogP contribution in [0, 0.1) is 5.82 Å². The van der Waals surface area contributed by atoms with Gasteiger partial charge in [0.15, 0.2) is 0 Å². The van der Waals surface area contributed by atoms with E-state index in [9.17, 15) is 12.8 Å². The molecule has 100 valence electrons. The van der Waals surface area contributed by atoms with E-state index in [-0.39, 0.29) is 10.9 Å². The molecule has 0 atom stereocenters. The van der Waals surface area contributed by atoms with E-state index in [2.05, 4.69) is 15.9 Å². The molecule has 1 aliphatic rings. The quantitative estimate of drug-likeness (QED) is 0.893. The zero-order valence-corrected chi connectivity index (χ0v) is 12.0.